The van der Waals surface area contributed by atoms with Gasteiger partial charge in [0, 0.05) is 5.41 Å². The summed E-state index contributed by atoms with van der Waals surface area (Å²) in [6, 6.07) is 5.67. The zero-order chi connectivity index (χ0) is 11.1. The summed E-state index contributed by atoms with van der Waals surface area (Å²) < 4.78 is 0. The lowest BCUT2D eigenvalue weighted by atomic mass is 9.92. The van der Waals surface area contributed by atoms with E-state index in [1.807, 2.05) is 19.1 Å². The molecular formula is C12H14Cl2O. The first-order valence-corrected chi connectivity index (χ1v) is 5.92. The first kappa shape index (κ1) is 11.3. The zero-order valence-electron chi connectivity index (χ0n) is 8.63. The topological polar surface area (TPSA) is 20.2 Å². The van der Waals surface area contributed by atoms with Gasteiger partial charge >= 0.3 is 0 Å². The predicted molar refractivity (Wildman–Crippen MR) is 63.5 cm³/mol. The molecule has 15 heavy (non-hydrogen) atoms. The maximum Gasteiger partial charge on any atom is 0.0624 e. The lowest BCUT2D eigenvalue weighted by molar-refractivity contribution is 0.110. The number of hydrogen-bond donors (Lipinski definition) is 1. The lowest BCUT2D eigenvalue weighted by Crippen LogP contribution is -2.20. The third-order valence-electron chi connectivity index (χ3n) is 3.35. The van der Waals surface area contributed by atoms with E-state index in [9.17, 15) is 5.11 Å². The van der Waals surface area contributed by atoms with Gasteiger partial charge in [0.1, 0.15) is 0 Å². The van der Waals surface area contributed by atoms with Crippen LogP contribution in [0.2, 0.25) is 10.0 Å². The third kappa shape index (κ3) is 2.15. The standard InChI is InChI=1S/C12H14Cl2O/c1-8(15)12(5-6-12)7-9-3-2-4-10(13)11(9)14/h2-4,8,15H,5-7H2,1H3. The number of aliphatic hydroxyl groups excluding tert-OH is 1. The van der Waals surface area contributed by atoms with Crippen LogP contribution in [-0.4, -0.2) is 11.2 Å². The number of rotatable bonds is 3. The van der Waals surface area contributed by atoms with Crippen LogP contribution in [0.1, 0.15) is 25.3 Å². The quantitative estimate of drug-likeness (QED) is 0.860. The van der Waals surface area contributed by atoms with Crippen molar-refractivity contribution in [2.75, 3.05) is 0 Å². The highest BCUT2D eigenvalue weighted by Crippen LogP contribution is 2.52. The molecule has 1 unspecified atom stereocenters. The summed E-state index contributed by atoms with van der Waals surface area (Å²) in [6.45, 7) is 1.85. The number of aliphatic hydroxyl groups is 1. The fraction of sp³-hybridized carbons (Fsp3) is 0.500. The Labute approximate surface area is 100 Å². The van der Waals surface area contributed by atoms with Crippen molar-refractivity contribution in [2.45, 2.75) is 32.3 Å². The van der Waals surface area contributed by atoms with Crippen LogP contribution < -0.4 is 0 Å². The van der Waals surface area contributed by atoms with Crippen molar-refractivity contribution in [3.63, 3.8) is 0 Å². The van der Waals surface area contributed by atoms with Gasteiger partial charge in [-0.25, -0.2) is 0 Å². The van der Waals surface area contributed by atoms with Gasteiger partial charge < -0.3 is 5.11 Å². The fourth-order valence-electron chi connectivity index (χ4n) is 1.97. The van der Waals surface area contributed by atoms with Gasteiger partial charge in [-0.3, -0.25) is 0 Å². The molecule has 0 saturated heterocycles. The summed E-state index contributed by atoms with van der Waals surface area (Å²) in [5.74, 6) is 0. The SMILES string of the molecule is CC(O)C1(Cc2cccc(Cl)c2Cl)CC1. The van der Waals surface area contributed by atoms with E-state index in [0.717, 1.165) is 24.8 Å². The summed E-state index contributed by atoms with van der Waals surface area (Å²) >= 11 is 12.1. The van der Waals surface area contributed by atoms with E-state index >= 15 is 0 Å². The minimum atomic E-state index is -0.271. The van der Waals surface area contributed by atoms with Crippen LogP contribution in [0.5, 0.6) is 0 Å². The summed E-state index contributed by atoms with van der Waals surface area (Å²) in [6.07, 6.45) is 2.71. The van der Waals surface area contributed by atoms with Crippen LogP contribution in [0.15, 0.2) is 18.2 Å². The second-order valence-corrected chi connectivity index (χ2v) is 5.21. The van der Waals surface area contributed by atoms with Crippen LogP contribution >= 0.6 is 23.2 Å². The maximum absolute atomic E-state index is 9.69. The third-order valence-corrected chi connectivity index (χ3v) is 4.21. The number of hydrogen-bond acceptors (Lipinski definition) is 1. The smallest absolute Gasteiger partial charge is 0.0624 e. The van der Waals surface area contributed by atoms with Gasteiger partial charge in [-0.05, 0) is 37.8 Å². The Kier molecular flexibility index (Phi) is 2.98. The molecule has 1 fully saturated rings. The maximum atomic E-state index is 9.69. The Hall–Kier alpha value is -0.240. The highest BCUT2D eigenvalue weighted by Gasteiger charge is 2.46. The predicted octanol–water partition coefficient (Wildman–Crippen LogP) is 3.70. The van der Waals surface area contributed by atoms with Crippen molar-refractivity contribution < 1.29 is 5.11 Å². The molecule has 1 aromatic carbocycles. The average Bonchev–Trinajstić information content (AvgIpc) is 2.94. The van der Waals surface area contributed by atoms with Crippen molar-refractivity contribution in [3.05, 3.63) is 33.8 Å². The van der Waals surface area contributed by atoms with Crippen molar-refractivity contribution in [1.82, 2.24) is 0 Å². The minimum Gasteiger partial charge on any atom is -0.393 e. The molecule has 1 saturated carbocycles. The normalized spacial score (nSPS) is 20.0. The molecule has 0 aromatic heterocycles. The van der Waals surface area contributed by atoms with Gasteiger partial charge in [0.2, 0.25) is 0 Å². The van der Waals surface area contributed by atoms with Gasteiger partial charge in [-0.2, -0.15) is 0 Å². The molecule has 82 valence electrons. The first-order valence-electron chi connectivity index (χ1n) is 5.16. The van der Waals surface area contributed by atoms with Crippen LogP contribution in [0, 0.1) is 5.41 Å². The van der Waals surface area contributed by atoms with E-state index in [1.54, 1.807) is 6.07 Å². The minimum absolute atomic E-state index is 0.0499. The molecule has 3 heteroatoms. The van der Waals surface area contributed by atoms with E-state index in [1.165, 1.54) is 0 Å². The summed E-state index contributed by atoms with van der Waals surface area (Å²) in [4.78, 5) is 0. The zero-order valence-corrected chi connectivity index (χ0v) is 10.1. The summed E-state index contributed by atoms with van der Waals surface area (Å²) in [5, 5.41) is 10.9. The largest absolute Gasteiger partial charge is 0.393 e. The highest BCUT2D eigenvalue weighted by atomic mass is 35.5. The molecule has 1 nitrogen and oxygen atoms in total. The van der Waals surface area contributed by atoms with Crippen LogP contribution in [0.3, 0.4) is 0 Å². The molecule has 2 rings (SSSR count). The van der Waals surface area contributed by atoms with Crippen molar-refractivity contribution in [3.8, 4) is 0 Å². The monoisotopic (exact) mass is 244 g/mol. The van der Waals surface area contributed by atoms with Gasteiger partial charge in [0.15, 0.2) is 0 Å². The molecule has 0 aliphatic heterocycles. The molecule has 1 aliphatic carbocycles. The van der Waals surface area contributed by atoms with Crippen molar-refractivity contribution >= 4 is 23.2 Å². The molecular weight excluding hydrogens is 231 g/mol. The Morgan fingerprint density at radius 2 is 2.07 bits per heavy atom. The summed E-state index contributed by atoms with van der Waals surface area (Å²) in [5.41, 5.74) is 1.09. The highest BCUT2D eigenvalue weighted by molar-refractivity contribution is 6.42. The van der Waals surface area contributed by atoms with Crippen LogP contribution in [-0.2, 0) is 6.42 Å². The molecule has 0 bridgehead atoms. The molecule has 1 aromatic rings. The Balaban J connectivity index is 2.22. The van der Waals surface area contributed by atoms with E-state index < -0.39 is 0 Å². The Bertz CT molecular complexity index is 370. The van der Waals surface area contributed by atoms with E-state index in [4.69, 9.17) is 23.2 Å². The molecule has 0 spiro atoms. The first-order chi connectivity index (χ1) is 7.05. The molecule has 0 radical (unpaired) electrons. The van der Waals surface area contributed by atoms with Crippen molar-refractivity contribution in [1.29, 1.82) is 0 Å². The van der Waals surface area contributed by atoms with E-state index in [-0.39, 0.29) is 11.5 Å². The van der Waals surface area contributed by atoms with Gasteiger partial charge in [0.25, 0.3) is 0 Å². The molecule has 0 heterocycles. The van der Waals surface area contributed by atoms with Crippen molar-refractivity contribution in [2.24, 2.45) is 5.41 Å². The van der Waals surface area contributed by atoms with Gasteiger partial charge in [-0.1, -0.05) is 35.3 Å². The second kappa shape index (κ2) is 3.97. The Morgan fingerprint density at radius 1 is 1.40 bits per heavy atom. The summed E-state index contributed by atoms with van der Waals surface area (Å²) in [7, 11) is 0. The molecule has 1 aliphatic rings. The molecule has 1 atom stereocenters. The average molecular weight is 245 g/mol. The van der Waals surface area contributed by atoms with Gasteiger partial charge in [-0.15, -0.1) is 0 Å². The Morgan fingerprint density at radius 3 is 2.60 bits per heavy atom. The second-order valence-electron chi connectivity index (χ2n) is 4.43. The number of halogens is 2. The fourth-order valence-corrected chi connectivity index (χ4v) is 2.35. The number of benzene rings is 1. The van der Waals surface area contributed by atoms with E-state index in [0.29, 0.717) is 10.0 Å². The lowest BCUT2D eigenvalue weighted by Gasteiger charge is -2.19. The van der Waals surface area contributed by atoms with Crippen LogP contribution in [0.4, 0.5) is 0 Å². The van der Waals surface area contributed by atoms with Crippen LogP contribution in [0.25, 0.3) is 0 Å². The van der Waals surface area contributed by atoms with Gasteiger partial charge in [0.05, 0.1) is 16.1 Å². The van der Waals surface area contributed by atoms with E-state index in [2.05, 4.69) is 0 Å². The molecule has 1 N–H and O–H groups in total. The molecule has 0 amide bonds.